The molecule has 0 saturated heterocycles. The summed E-state index contributed by atoms with van der Waals surface area (Å²) in [4.78, 5) is 14.2. The van der Waals surface area contributed by atoms with Crippen molar-refractivity contribution in [2.45, 2.75) is 32.7 Å². The number of nitrogens with one attached hydrogen (secondary N) is 1. The van der Waals surface area contributed by atoms with E-state index in [1.807, 2.05) is 0 Å². The molecule has 1 rings (SSSR count). The van der Waals surface area contributed by atoms with Crippen LogP contribution in [0.5, 0.6) is 0 Å². The first kappa shape index (κ1) is 17.1. The van der Waals surface area contributed by atoms with E-state index < -0.39 is 5.82 Å². The average molecular weight is 345 g/mol. The monoisotopic (exact) mass is 344 g/mol. The average Bonchev–Trinajstić information content (AvgIpc) is 2.37. The molecular formula is C15H22BrFN2O. The van der Waals surface area contributed by atoms with E-state index >= 15 is 0 Å². The van der Waals surface area contributed by atoms with E-state index in [9.17, 15) is 9.18 Å². The Morgan fingerprint density at radius 3 is 2.70 bits per heavy atom. The fourth-order valence-corrected chi connectivity index (χ4v) is 2.27. The van der Waals surface area contributed by atoms with E-state index in [1.54, 1.807) is 12.1 Å². The second-order valence-corrected chi connectivity index (χ2v) is 5.99. The fourth-order valence-electron chi connectivity index (χ4n) is 1.75. The molecule has 1 N–H and O–H groups in total. The number of hydrogen-bond donors (Lipinski definition) is 1. The molecule has 0 saturated carbocycles. The summed E-state index contributed by atoms with van der Waals surface area (Å²) in [5.74, 6) is -0.872. The summed E-state index contributed by atoms with van der Waals surface area (Å²) in [5, 5.41) is 2.76. The molecule has 1 aromatic carbocycles. The fraction of sp³-hybridized carbons (Fsp3) is 0.533. The molecule has 20 heavy (non-hydrogen) atoms. The van der Waals surface area contributed by atoms with Crippen LogP contribution in [0.4, 0.5) is 4.39 Å². The molecule has 0 radical (unpaired) electrons. The Kier molecular flexibility index (Phi) is 7.16. The normalized spacial score (nSPS) is 11.2. The first-order valence-electron chi connectivity index (χ1n) is 6.86. The first-order chi connectivity index (χ1) is 9.43. The molecule has 0 atom stereocenters. The van der Waals surface area contributed by atoms with Gasteiger partial charge in [-0.05, 0) is 68.3 Å². The van der Waals surface area contributed by atoms with E-state index in [4.69, 9.17) is 0 Å². The molecule has 0 fully saturated rings. The van der Waals surface area contributed by atoms with Gasteiger partial charge in [-0.15, -0.1) is 0 Å². The third-order valence-electron chi connectivity index (χ3n) is 3.29. The number of benzene rings is 1. The predicted molar refractivity (Wildman–Crippen MR) is 83.4 cm³/mol. The summed E-state index contributed by atoms with van der Waals surface area (Å²) in [7, 11) is 2.08. The Morgan fingerprint density at radius 1 is 1.40 bits per heavy atom. The van der Waals surface area contributed by atoms with Gasteiger partial charge in [0.05, 0.1) is 5.56 Å². The summed E-state index contributed by atoms with van der Waals surface area (Å²) < 4.78 is 14.1. The molecule has 1 amide bonds. The lowest BCUT2D eigenvalue weighted by atomic mass is 10.2. The van der Waals surface area contributed by atoms with Crippen LogP contribution in [-0.2, 0) is 0 Å². The molecule has 112 valence electrons. The number of carbonyl (C=O) groups excluding carboxylic acids is 1. The predicted octanol–water partition coefficient (Wildman–Crippen LogP) is 3.44. The maximum Gasteiger partial charge on any atom is 0.255 e. The van der Waals surface area contributed by atoms with Crippen LogP contribution in [0.25, 0.3) is 0 Å². The van der Waals surface area contributed by atoms with E-state index in [1.165, 1.54) is 6.07 Å². The molecule has 0 aromatic heterocycles. The number of amides is 1. The zero-order valence-electron chi connectivity index (χ0n) is 12.2. The molecule has 0 unspecified atom stereocenters. The van der Waals surface area contributed by atoms with Crippen LogP contribution in [0.3, 0.4) is 0 Å². The Bertz CT molecular complexity index is 431. The summed E-state index contributed by atoms with van der Waals surface area (Å²) in [6.45, 7) is 5.86. The molecule has 0 aliphatic heterocycles. The van der Waals surface area contributed by atoms with Gasteiger partial charge in [-0.1, -0.05) is 6.07 Å². The van der Waals surface area contributed by atoms with E-state index in [0.717, 1.165) is 19.4 Å². The van der Waals surface area contributed by atoms with Crippen LogP contribution in [-0.4, -0.2) is 37.0 Å². The molecule has 3 nitrogen and oxygen atoms in total. The minimum absolute atomic E-state index is 0.0757. The highest BCUT2D eigenvalue weighted by atomic mass is 79.9. The van der Waals surface area contributed by atoms with Crippen LogP contribution in [0.1, 0.15) is 37.0 Å². The molecular weight excluding hydrogens is 323 g/mol. The van der Waals surface area contributed by atoms with Crippen molar-refractivity contribution < 1.29 is 9.18 Å². The van der Waals surface area contributed by atoms with Crippen molar-refractivity contribution in [3.63, 3.8) is 0 Å². The molecule has 5 heteroatoms. The van der Waals surface area contributed by atoms with Gasteiger partial charge in [0.1, 0.15) is 5.82 Å². The van der Waals surface area contributed by atoms with E-state index in [0.29, 0.717) is 17.1 Å². The Labute approximate surface area is 128 Å². The number of hydrogen-bond acceptors (Lipinski definition) is 2. The smallest absolute Gasteiger partial charge is 0.255 e. The van der Waals surface area contributed by atoms with Gasteiger partial charge in [0.25, 0.3) is 5.91 Å². The Morgan fingerprint density at radius 2 is 2.10 bits per heavy atom. The zero-order valence-corrected chi connectivity index (χ0v) is 13.8. The lowest BCUT2D eigenvalue weighted by Crippen LogP contribution is -2.29. The van der Waals surface area contributed by atoms with Crippen molar-refractivity contribution in [3.8, 4) is 0 Å². The minimum Gasteiger partial charge on any atom is -0.352 e. The minimum atomic E-state index is -0.503. The standard InChI is InChI=1S/C15H22BrFN2O/c1-11(2)19(3)10-5-4-9-18-15(20)14-12(16)7-6-8-13(14)17/h6-8,11H,4-5,9-10H2,1-3H3,(H,18,20). The number of unbranched alkanes of at least 4 members (excludes halogenated alkanes) is 1. The Hall–Kier alpha value is -0.940. The van der Waals surface area contributed by atoms with Gasteiger partial charge in [0, 0.05) is 17.1 Å². The summed E-state index contributed by atoms with van der Waals surface area (Å²) in [6.07, 6.45) is 1.89. The lowest BCUT2D eigenvalue weighted by molar-refractivity contribution is 0.0947. The van der Waals surface area contributed by atoms with Gasteiger partial charge in [0.2, 0.25) is 0 Å². The Balaban J connectivity index is 2.34. The van der Waals surface area contributed by atoms with Crippen molar-refractivity contribution in [2.75, 3.05) is 20.1 Å². The van der Waals surface area contributed by atoms with E-state index in [-0.39, 0.29) is 11.5 Å². The topological polar surface area (TPSA) is 32.3 Å². The number of carbonyl (C=O) groups is 1. The SMILES string of the molecule is CC(C)N(C)CCCCNC(=O)c1c(F)cccc1Br. The zero-order chi connectivity index (χ0) is 15.1. The van der Waals surface area contributed by atoms with Gasteiger partial charge in [-0.25, -0.2) is 4.39 Å². The number of nitrogens with zero attached hydrogens (tertiary/aromatic N) is 1. The van der Waals surface area contributed by atoms with Crippen molar-refractivity contribution in [3.05, 3.63) is 34.1 Å². The second-order valence-electron chi connectivity index (χ2n) is 5.13. The van der Waals surface area contributed by atoms with Crippen molar-refractivity contribution in [2.24, 2.45) is 0 Å². The van der Waals surface area contributed by atoms with E-state index in [2.05, 4.69) is 47.0 Å². The highest BCUT2D eigenvalue weighted by molar-refractivity contribution is 9.10. The molecule has 1 aromatic rings. The van der Waals surface area contributed by atoms with Crippen LogP contribution in [0, 0.1) is 5.82 Å². The van der Waals surface area contributed by atoms with Crippen molar-refractivity contribution in [1.82, 2.24) is 10.2 Å². The van der Waals surface area contributed by atoms with Gasteiger partial charge in [-0.2, -0.15) is 0 Å². The molecule has 0 aliphatic rings. The van der Waals surface area contributed by atoms with Crippen molar-refractivity contribution in [1.29, 1.82) is 0 Å². The third-order valence-corrected chi connectivity index (χ3v) is 3.96. The third kappa shape index (κ3) is 5.21. The van der Waals surface area contributed by atoms with Gasteiger partial charge in [0.15, 0.2) is 0 Å². The maximum atomic E-state index is 13.6. The lowest BCUT2D eigenvalue weighted by Gasteiger charge is -2.20. The van der Waals surface area contributed by atoms with Crippen LogP contribution in [0.15, 0.2) is 22.7 Å². The number of rotatable bonds is 7. The van der Waals surface area contributed by atoms with Gasteiger partial charge >= 0.3 is 0 Å². The summed E-state index contributed by atoms with van der Waals surface area (Å²) in [5.41, 5.74) is 0.0757. The number of halogens is 2. The highest BCUT2D eigenvalue weighted by Crippen LogP contribution is 2.19. The molecule has 0 bridgehead atoms. The first-order valence-corrected chi connectivity index (χ1v) is 7.65. The van der Waals surface area contributed by atoms with Crippen LogP contribution < -0.4 is 5.32 Å². The molecule has 0 aliphatic carbocycles. The van der Waals surface area contributed by atoms with Crippen LogP contribution in [0.2, 0.25) is 0 Å². The van der Waals surface area contributed by atoms with Gasteiger partial charge in [-0.3, -0.25) is 4.79 Å². The quantitative estimate of drug-likeness (QED) is 0.768. The molecule has 0 heterocycles. The van der Waals surface area contributed by atoms with Gasteiger partial charge < -0.3 is 10.2 Å². The van der Waals surface area contributed by atoms with Crippen LogP contribution >= 0.6 is 15.9 Å². The van der Waals surface area contributed by atoms with Crippen molar-refractivity contribution >= 4 is 21.8 Å². The maximum absolute atomic E-state index is 13.6. The summed E-state index contributed by atoms with van der Waals surface area (Å²) >= 11 is 3.20. The second kappa shape index (κ2) is 8.37. The summed E-state index contributed by atoms with van der Waals surface area (Å²) in [6, 6.07) is 5.05. The highest BCUT2D eigenvalue weighted by Gasteiger charge is 2.14. The molecule has 0 spiro atoms. The largest absolute Gasteiger partial charge is 0.352 e.